The van der Waals surface area contributed by atoms with Crippen LogP contribution < -0.4 is 20.7 Å². The van der Waals surface area contributed by atoms with Gasteiger partial charge in [-0.05, 0) is 178 Å². The van der Waals surface area contributed by atoms with Crippen LogP contribution in [-0.2, 0) is 55.0 Å². The second-order valence-electron chi connectivity index (χ2n) is 43.2. The normalized spacial score (nSPS) is 28.4. The van der Waals surface area contributed by atoms with E-state index < -0.39 is 98.7 Å². The maximum atomic E-state index is 14.7. The number of ether oxygens (including phenoxy) is 5. The third kappa shape index (κ3) is 21.9. The van der Waals surface area contributed by atoms with E-state index in [0.29, 0.717) is 51.6 Å². The van der Waals surface area contributed by atoms with Gasteiger partial charge >= 0.3 is 0 Å². The van der Waals surface area contributed by atoms with Crippen LogP contribution in [0.4, 0.5) is 0 Å². The van der Waals surface area contributed by atoms with Crippen LogP contribution in [0.1, 0.15) is 209 Å². The fourth-order valence-corrected chi connectivity index (χ4v) is 31.8. The number of aliphatic hydroxyl groups is 1. The predicted octanol–water partition coefficient (Wildman–Crippen LogP) is 21.3. The number of carbonyl (C=O) groups is 1. The van der Waals surface area contributed by atoms with Crippen molar-refractivity contribution in [2.24, 2.45) is 11.8 Å². The molecule has 18 atom stereocenters. The molecule has 7 unspecified atom stereocenters. The molecule has 1 N–H and O–H groups in total. The van der Waals surface area contributed by atoms with E-state index in [-0.39, 0.29) is 96.7 Å². The van der Waals surface area contributed by atoms with Gasteiger partial charge in [-0.2, -0.15) is 0 Å². The van der Waals surface area contributed by atoms with E-state index in [1.54, 1.807) is 6.08 Å². The van der Waals surface area contributed by atoms with Gasteiger partial charge < -0.3 is 55.3 Å². The first kappa shape index (κ1) is 96.2. The number of allylic oxidation sites excluding steroid dienone is 2. The first-order valence-electron chi connectivity index (χ1n) is 44.1. The van der Waals surface area contributed by atoms with Gasteiger partial charge in [0.15, 0.2) is 39.1 Å². The number of hydrogen-bond acceptors (Lipinski definition) is 13. The van der Waals surface area contributed by atoms with Crippen molar-refractivity contribution >= 4 is 76.4 Å². The summed E-state index contributed by atoms with van der Waals surface area (Å²) in [5.74, 6) is -0.0784. The Bertz CT molecular complexity index is 3790. The Kier molecular flexibility index (Phi) is 31.3. The van der Waals surface area contributed by atoms with Crippen molar-refractivity contribution in [3.05, 3.63) is 170 Å². The Morgan fingerprint density at radius 1 is 0.500 bits per heavy atom. The molecule has 4 aromatic rings. The van der Waals surface area contributed by atoms with E-state index in [1.807, 2.05) is 12.2 Å². The number of benzene rings is 4. The molecule has 9 rings (SSSR count). The lowest BCUT2D eigenvalue weighted by Gasteiger charge is -2.56. The third-order valence-electron chi connectivity index (χ3n) is 28.5. The predicted molar refractivity (Wildman–Crippen MR) is 495 cm³/mol. The van der Waals surface area contributed by atoms with Gasteiger partial charge in [0.05, 0.1) is 79.4 Å². The number of aliphatic hydroxyl groups excluding tert-OH is 1. The second-order valence-corrected chi connectivity index (χ2v) is 70.8. The maximum absolute atomic E-state index is 14.7. The third-order valence-corrected chi connectivity index (χ3v) is 56.5. The van der Waals surface area contributed by atoms with Crippen molar-refractivity contribution in [3.63, 3.8) is 0 Å². The van der Waals surface area contributed by atoms with Crippen LogP contribution in [0.25, 0.3) is 0 Å². The molecule has 13 nitrogen and oxygen atoms in total. The van der Waals surface area contributed by atoms with Gasteiger partial charge in [0.25, 0.3) is 16.6 Å². The standard InChI is InChI=1S/C97H156O13Si6/c1-32-33-54-80-89(108-112(26,27)93(9,10)11)91(110-114(30,31)95(15,16)17)90(109-113(28,29)94(12,13)14)88(105-80)81(106-111(24,25)92(6,7)8)59-56-71(98)55-57-72-64-68(3)78(101-72)60-58-73-63-67(2)69(4)82(102-73)65-84-86(99)70(5)87-85(103-84)66-83(107-116(97(21,22)23,76-50-42-36-43-51-76)77-52-44-37-45-53-77)79(104-87)61-62-100-115(96(18,19)20,74-46-38-34-39-47-74)75-48-40-35-41-49-75/h32,34-53,56,59,67,70,72-73,78-91,99H,1,3-4,33,54-55,57-58,60-66H2,2,5-31H3/b59-56+/t67-,70-,72?,73+,78+,79-,80?,81+,82?,83?,84+,85?,86?,87+,88?,89+,90-,91+/m1/s1. The fourth-order valence-electron chi connectivity index (χ4n) is 17.3. The molecule has 4 aromatic carbocycles. The quantitative estimate of drug-likeness (QED) is 0.0282. The molecule has 5 aliphatic heterocycles. The van der Waals surface area contributed by atoms with Crippen molar-refractivity contribution in [3.8, 4) is 0 Å². The van der Waals surface area contributed by atoms with E-state index in [4.69, 9.17) is 50.2 Å². The van der Waals surface area contributed by atoms with E-state index in [2.05, 4.69) is 332 Å². The number of carbonyl (C=O) groups excluding carboxylic acids is 1. The van der Waals surface area contributed by atoms with Gasteiger partial charge in [0.1, 0.15) is 18.3 Å². The molecular formula is C97H156O13Si6. The molecule has 0 radical (unpaired) electrons. The molecule has 0 amide bonds. The zero-order valence-electron chi connectivity index (χ0n) is 77.1. The van der Waals surface area contributed by atoms with Crippen LogP contribution in [-0.4, -0.2) is 165 Å². The van der Waals surface area contributed by atoms with E-state index >= 15 is 0 Å². The van der Waals surface area contributed by atoms with E-state index in [1.165, 1.54) is 20.7 Å². The van der Waals surface area contributed by atoms with Gasteiger partial charge in [-0.1, -0.05) is 285 Å². The molecule has 116 heavy (non-hydrogen) atoms. The average molecular weight is 1700 g/mol. The van der Waals surface area contributed by atoms with Crippen LogP contribution in [0.3, 0.4) is 0 Å². The monoisotopic (exact) mass is 1700 g/mol. The summed E-state index contributed by atoms with van der Waals surface area (Å²) in [6.07, 6.45) is 5.85. The summed E-state index contributed by atoms with van der Waals surface area (Å²) in [7, 11) is -16.2. The highest BCUT2D eigenvalue weighted by atomic mass is 28.4. The highest BCUT2D eigenvalue weighted by molar-refractivity contribution is 7.00. The molecule has 5 saturated heterocycles. The minimum absolute atomic E-state index is 0.00484. The molecule has 5 fully saturated rings. The first-order chi connectivity index (χ1) is 53.7. The summed E-state index contributed by atoms with van der Waals surface area (Å²) in [6, 6.07) is 43.5. The molecule has 0 saturated carbocycles. The zero-order chi connectivity index (χ0) is 86.0. The molecule has 19 heteroatoms. The Balaban J connectivity index is 0.911. The maximum Gasteiger partial charge on any atom is 0.261 e. The van der Waals surface area contributed by atoms with Crippen LogP contribution in [0.5, 0.6) is 0 Å². The summed E-state index contributed by atoms with van der Waals surface area (Å²) in [5, 5.41) is 16.5. The number of ketones is 1. The summed E-state index contributed by atoms with van der Waals surface area (Å²) in [5.41, 5.74) is 2.07. The fraction of sp³-hybridized carbons (Fsp3) is 0.660. The highest BCUT2D eigenvalue weighted by Crippen LogP contribution is 2.51. The van der Waals surface area contributed by atoms with Crippen molar-refractivity contribution in [2.45, 2.75) is 389 Å². The molecule has 0 aliphatic carbocycles. The Hall–Kier alpha value is -3.67. The van der Waals surface area contributed by atoms with Crippen molar-refractivity contribution in [2.75, 3.05) is 6.61 Å². The lowest BCUT2D eigenvalue weighted by molar-refractivity contribution is -0.267. The smallest absolute Gasteiger partial charge is 0.261 e. The van der Waals surface area contributed by atoms with E-state index in [0.717, 1.165) is 36.8 Å². The molecule has 646 valence electrons. The van der Waals surface area contributed by atoms with Crippen LogP contribution in [0.15, 0.2) is 170 Å². The molecule has 0 bridgehead atoms. The topological polar surface area (TPSA) is 139 Å². The SMILES string of the molecule is C=CCCC1OC([C@H](/C=C/C(=O)CCC2CC(=C)[C@H](CC[C@H]3C[C@@H](C)C(=C)C(C[C@@H]4OC5CC(O[Si](c6ccccc6)(c6ccccc6)C(C)(C)C)[C@@H](CCO[Si](c6ccccc6)(c6ccccc6)C(C)(C)C)O[C@H]5[C@H](C)C4O)O3)O2)O[Si](C)(C)C(C)(C)C)[C@@H](O[Si](C)(C)C(C)(C)C)[C@@H](O[Si](C)(C)C(C)(C)C)[C@H]1O[Si](C)(C)C(C)(C)C. The van der Waals surface area contributed by atoms with Crippen molar-refractivity contribution in [1.82, 2.24) is 0 Å². The largest absolute Gasteiger partial charge is 0.409 e. The lowest BCUT2D eigenvalue weighted by atomic mass is 9.79. The average Bonchev–Trinajstić information content (AvgIpc) is 0.765. The minimum Gasteiger partial charge on any atom is -0.409 e. The molecule has 5 aliphatic rings. The second kappa shape index (κ2) is 37.8. The summed E-state index contributed by atoms with van der Waals surface area (Å²) < 4.78 is 83.3. The van der Waals surface area contributed by atoms with Crippen LogP contribution in [0, 0.1) is 11.8 Å². The number of hydrogen-bond donors (Lipinski definition) is 1. The van der Waals surface area contributed by atoms with Gasteiger partial charge in [0.2, 0.25) is 0 Å². The summed E-state index contributed by atoms with van der Waals surface area (Å²) in [6.45, 7) is 78.2. The Morgan fingerprint density at radius 2 is 0.966 bits per heavy atom. The molecule has 5 heterocycles. The first-order valence-corrected chi connectivity index (χ1v) is 59.5. The summed E-state index contributed by atoms with van der Waals surface area (Å²) in [4.78, 5) is 14.7. The van der Waals surface area contributed by atoms with Crippen LogP contribution in [0.2, 0.25) is 82.6 Å². The number of rotatable bonds is 32. The van der Waals surface area contributed by atoms with Gasteiger partial charge in [-0.15, -0.1) is 6.58 Å². The number of fused-ring (bicyclic) bond motifs is 1. The molecular weight excluding hydrogens is 1540 g/mol. The van der Waals surface area contributed by atoms with Crippen LogP contribution >= 0.6 is 0 Å². The molecule has 0 aromatic heterocycles. The summed E-state index contributed by atoms with van der Waals surface area (Å²) >= 11 is 0. The van der Waals surface area contributed by atoms with Gasteiger partial charge in [-0.3, -0.25) is 4.79 Å². The van der Waals surface area contributed by atoms with Crippen molar-refractivity contribution < 1.29 is 60.1 Å². The van der Waals surface area contributed by atoms with Crippen molar-refractivity contribution in [1.29, 1.82) is 0 Å². The highest BCUT2D eigenvalue weighted by Gasteiger charge is 2.61. The molecule has 0 spiro atoms. The van der Waals surface area contributed by atoms with E-state index in [9.17, 15) is 9.90 Å². The lowest BCUT2D eigenvalue weighted by Crippen LogP contribution is -2.70. The Morgan fingerprint density at radius 3 is 1.44 bits per heavy atom. The van der Waals surface area contributed by atoms with Gasteiger partial charge in [-0.25, -0.2) is 0 Å². The minimum atomic E-state index is -3.14. The zero-order valence-corrected chi connectivity index (χ0v) is 83.1. The van der Waals surface area contributed by atoms with Gasteiger partial charge in [0, 0.05) is 31.8 Å². The Labute approximate surface area is 710 Å².